The Labute approximate surface area is 279 Å². The molecule has 0 nitrogen and oxygen atoms in total. The maximum absolute atomic E-state index is 6.51. The molecule has 0 unspecified atom stereocenters. The number of rotatable bonds is 4. The van der Waals surface area contributed by atoms with Crippen molar-refractivity contribution in [2.75, 3.05) is 0 Å². The second-order valence-electron chi connectivity index (χ2n) is 12.2. The molecule has 0 aliphatic heterocycles. The van der Waals surface area contributed by atoms with E-state index in [4.69, 9.17) is 11.6 Å². The van der Waals surface area contributed by atoms with Crippen molar-refractivity contribution in [1.29, 1.82) is 0 Å². The van der Waals surface area contributed by atoms with E-state index in [1.807, 2.05) is 6.07 Å². The summed E-state index contributed by atoms with van der Waals surface area (Å²) < 4.78 is 0. The van der Waals surface area contributed by atoms with E-state index in [9.17, 15) is 0 Å². The largest absolute Gasteiger partial charge is 0.0843 e. The maximum Gasteiger partial charge on any atom is 0.0412 e. The highest BCUT2D eigenvalue weighted by atomic mass is 35.5. The SMILES string of the molecule is Clc1ccc2ccc3ccc(-c4c5ccccc5c(-c5cc(-c6ccccc6)cc(-c6ccccc6)c5)c5ccccc45)cc3c2c1. The van der Waals surface area contributed by atoms with E-state index in [0.717, 1.165) is 5.02 Å². The van der Waals surface area contributed by atoms with Gasteiger partial charge in [-0.1, -0.05) is 151 Å². The van der Waals surface area contributed by atoms with Crippen LogP contribution in [0.25, 0.3) is 87.6 Å². The molecular weight excluding hydrogens is 588 g/mol. The van der Waals surface area contributed by atoms with Crippen LogP contribution in [0, 0.1) is 0 Å². The van der Waals surface area contributed by atoms with Crippen molar-refractivity contribution in [1.82, 2.24) is 0 Å². The molecule has 0 aliphatic rings. The fourth-order valence-corrected chi connectivity index (χ4v) is 7.47. The molecule has 1 heteroatoms. The Morgan fingerprint density at radius 2 is 0.660 bits per heavy atom. The van der Waals surface area contributed by atoms with Gasteiger partial charge >= 0.3 is 0 Å². The molecule has 0 spiro atoms. The molecule has 9 aromatic rings. The smallest absolute Gasteiger partial charge is 0.0412 e. The Morgan fingerprint density at radius 1 is 0.255 bits per heavy atom. The average molecular weight is 617 g/mol. The summed E-state index contributed by atoms with van der Waals surface area (Å²) in [6.45, 7) is 0. The van der Waals surface area contributed by atoms with E-state index in [1.165, 1.54) is 87.6 Å². The van der Waals surface area contributed by atoms with Gasteiger partial charge in [-0.15, -0.1) is 0 Å². The molecule has 0 saturated heterocycles. The molecule has 9 aromatic carbocycles. The second kappa shape index (κ2) is 11.3. The quantitative estimate of drug-likeness (QED) is 0.136. The number of hydrogen-bond acceptors (Lipinski definition) is 0. The maximum atomic E-state index is 6.51. The molecule has 0 aromatic heterocycles. The number of fused-ring (bicyclic) bond motifs is 5. The second-order valence-corrected chi connectivity index (χ2v) is 12.7. The van der Waals surface area contributed by atoms with Crippen LogP contribution in [-0.2, 0) is 0 Å². The zero-order valence-electron chi connectivity index (χ0n) is 25.6. The monoisotopic (exact) mass is 616 g/mol. The van der Waals surface area contributed by atoms with Gasteiger partial charge < -0.3 is 0 Å². The van der Waals surface area contributed by atoms with Crippen LogP contribution < -0.4 is 0 Å². The van der Waals surface area contributed by atoms with Gasteiger partial charge in [-0.3, -0.25) is 0 Å². The van der Waals surface area contributed by atoms with Gasteiger partial charge in [-0.05, 0) is 124 Å². The Kier molecular flexibility index (Phi) is 6.63. The minimum absolute atomic E-state index is 0.753. The average Bonchev–Trinajstić information content (AvgIpc) is 3.14. The van der Waals surface area contributed by atoms with Crippen LogP contribution in [-0.4, -0.2) is 0 Å². The Hall–Kier alpha value is -5.69. The van der Waals surface area contributed by atoms with Gasteiger partial charge in [0.05, 0.1) is 0 Å². The first-order valence-electron chi connectivity index (χ1n) is 16.0. The van der Waals surface area contributed by atoms with Crippen LogP contribution in [0.5, 0.6) is 0 Å². The summed E-state index contributed by atoms with van der Waals surface area (Å²) in [5.74, 6) is 0. The van der Waals surface area contributed by atoms with E-state index >= 15 is 0 Å². The van der Waals surface area contributed by atoms with Crippen LogP contribution in [0.2, 0.25) is 5.02 Å². The highest BCUT2D eigenvalue weighted by Gasteiger charge is 2.18. The summed E-state index contributed by atoms with van der Waals surface area (Å²) in [6.07, 6.45) is 0. The predicted octanol–water partition coefficient (Wildman–Crippen LogP) is 13.6. The molecular formula is C46H29Cl. The predicted molar refractivity (Wildman–Crippen MR) is 203 cm³/mol. The molecule has 0 amide bonds. The first-order chi connectivity index (χ1) is 23.2. The number of hydrogen-bond donors (Lipinski definition) is 0. The lowest BCUT2D eigenvalue weighted by atomic mass is 9.84. The number of benzene rings is 9. The van der Waals surface area contributed by atoms with Crippen molar-refractivity contribution in [3.8, 4) is 44.5 Å². The van der Waals surface area contributed by atoms with Gasteiger partial charge in [-0.2, -0.15) is 0 Å². The molecule has 0 heterocycles. The summed E-state index contributed by atoms with van der Waals surface area (Å²) in [5.41, 5.74) is 9.76. The Bertz CT molecular complexity index is 2500. The fourth-order valence-electron chi connectivity index (χ4n) is 7.29. The lowest BCUT2D eigenvalue weighted by molar-refractivity contribution is 1.58. The van der Waals surface area contributed by atoms with E-state index in [-0.39, 0.29) is 0 Å². The van der Waals surface area contributed by atoms with Crippen molar-refractivity contribution in [3.63, 3.8) is 0 Å². The summed E-state index contributed by atoms with van der Waals surface area (Å²) in [5, 5.41) is 10.5. The molecule has 0 aliphatic carbocycles. The highest BCUT2D eigenvalue weighted by molar-refractivity contribution is 6.32. The Balaban J connectivity index is 1.36. The van der Waals surface area contributed by atoms with E-state index in [2.05, 4.69) is 170 Å². The highest BCUT2D eigenvalue weighted by Crippen LogP contribution is 2.46. The fraction of sp³-hybridized carbons (Fsp3) is 0. The topological polar surface area (TPSA) is 0 Å². The normalized spacial score (nSPS) is 11.5. The molecule has 0 fully saturated rings. The third-order valence-corrected chi connectivity index (χ3v) is 9.69. The molecule has 9 rings (SSSR count). The van der Waals surface area contributed by atoms with Crippen molar-refractivity contribution >= 4 is 54.7 Å². The first kappa shape index (κ1) is 27.6. The first-order valence-corrected chi connectivity index (χ1v) is 16.4. The standard InChI is InChI=1S/C46H29Cl/c47-38-24-23-33-20-19-32-21-22-34(28-43(32)44(33)29-38)45-39-15-7-9-17-41(39)46(42-18-10-8-16-40(42)45)37-26-35(30-11-3-1-4-12-30)25-36(27-37)31-13-5-2-6-14-31/h1-29H. The van der Waals surface area contributed by atoms with E-state index < -0.39 is 0 Å². The van der Waals surface area contributed by atoms with Crippen molar-refractivity contribution in [2.45, 2.75) is 0 Å². The molecule has 0 N–H and O–H groups in total. The Morgan fingerprint density at radius 3 is 1.19 bits per heavy atom. The zero-order chi connectivity index (χ0) is 31.3. The molecule has 0 atom stereocenters. The van der Waals surface area contributed by atoms with Crippen LogP contribution in [0.1, 0.15) is 0 Å². The van der Waals surface area contributed by atoms with Gasteiger partial charge in [0.15, 0.2) is 0 Å². The minimum Gasteiger partial charge on any atom is -0.0843 e. The van der Waals surface area contributed by atoms with E-state index in [1.54, 1.807) is 0 Å². The van der Waals surface area contributed by atoms with Gasteiger partial charge in [0.2, 0.25) is 0 Å². The van der Waals surface area contributed by atoms with Crippen molar-refractivity contribution < 1.29 is 0 Å². The third kappa shape index (κ3) is 4.77. The van der Waals surface area contributed by atoms with Crippen LogP contribution in [0.15, 0.2) is 176 Å². The molecule has 0 saturated carbocycles. The van der Waals surface area contributed by atoms with Crippen molar-refractivity contribution in [3.05, 3.63) is 181 Å². The van der Waals surface area contributed by atoms with Crippen molar-refractivity contribution in [2.24, 2.45) is 0 Å². The minimum atomic E-state index is 0.753. The molecule has 220 valence electrons. The van der Waals surface area contributed by atoms with Crippen LogP contribution >= 0.6 is 11.6 Å². The summed E-state index contributed by atoms with van der Waals surface area (Å²) >= 11 is 6.51. The van der Waals surface area contributed by atoms with Gasteiger partial charge in [0.25, 0.3) is 0 Å². The molecule has 47 heavy (non-hydrogen) atoms. The summed E-state index contributed by atoms with van der Waals surface area (Å²) in [6, 6.07) is 63.7. The van der Waals surface area contributed by atoms with Crippen LogP contribution in [0.3, 0.4) is 0 Å². The number of halogens is 1. The lowest BCUT2D eigenvalue weighted by Crippen LogP contribution is -1.92. The summed E-state index contributed by atoms with van der Waals surface area (Å²) in [4.78, 5) is 0. The zero-order valence-corrected chi connectivity index (χ0v) is 26.4. The molecule has 0 bridgehead atoms. The van der Waals surface area contributed by atoms with Gasteiger partial charge in [0.1, 0.15) is 0 Å². The lowest BCUT2D eigenvalue weighted by Gasteiger charge is -2.19. The molecule has 0 radical (unpaired) electrons. The van der Waals surface area contributed by atoms with E-state index in [0.29, 0.717) is 0 Å². The van der Waals surface area contributed by atoms with Gasteiger partial charge in [0, 0.05) is 5.02 Å². The summed E-state index contributed by atoms with van der Waals surface area (Å²) in [7, 11) is 0. The third-order valence-electron chi connectivity index (χ3n) is 9.46. The van der Waals surface area contributed by atoms with Crippen LogP contribution in [0.4, 0.5) is 0 Å². The van der Waals surface area contributed by atoms with Gasteiger partial charge in [-0.25, -0.2) is 0 Å².